The van der Waals surface area contributed by atoms with Gasteiger partial charge in [-0.3, -0.25) is 9.78 Å². The fourth-order valence-electron chi connectivity index (χ4n) is 1.45. The minimum Gasteiger partial charge on any atom is -0.466 e. The van der Waals surface area contributed by atoms with Crippen LogP contribution in [0.3, 0.4) is 0 Å². The van der Waals surface area contributed by atoms with Crippen LogP contribution in [0.1, 0.15) is 18.3 Å². The maximum atomic E-state index is 12.3. The van der Waals surface area contributed by atoms with Crippen LogP contribution in [-0.4, -0.2) is 23.9 Å². The van der Waals surface area contributed by atoms with Crippen molar-refractivity contribution in [2.24, 2.45) is 5.73 Å². The smallest absolute Gasteiger partial charge is 0.466 e. The molecule has 1 aromatic heterocycles. The van der Waals surface area contributed by atoms with Crippen molar-refractivity contribution in [3.05, 3.63) is 17.5 Å². The average Bonchev–Trinajstić information content (AvgIpc) is 2.31. The zero-order valence-electron chi connectivity index (χ0n) is 10.7. The molecule has 4 N–H and O–H groups in total. The second kappa shape index (κ2) is 6.42. The highest BCUT2D eigenvalue weighted by Gasteiger charge is 2.32. The van der Waals surface area contributed by atoms with Crippen molar-refractivity contribution in [2.75, 3.05) is 12.3 Å². The van der Waals surface area contributed by atoms with Crippen LogP contribution in [0.4, 0.5) is 18.9 Å². The van der Waals surface area contributed by atoms with Crippen molar-refractivity contribution in [2.45, 2.75) is 26.3 Å². The Morgan fingerprint density at radius 1 is 1.45 bits per heavy atom. The summed E-state index contributed by atoms with van der Waals surface area (Å²) in [6.45, 7) is 1.58. The van der Waals surface area contributed by atoms with E-state index in [9.17, 15) is 18.0 Å². The molecule has 0 aliphatic carbocycles. The molecule has 0 unspecified atom stereocenters. The van der Waals surface area contributed by atoms with Crippen molar-refractivity contribution < 1.29 is 27.4 Å². The first kappa shape index (κ1) is 16.0. The molecule has 0 saturated carbocycles. The number of nitrogens with zero attached hydrogens (tertiary/aromatic N) is 1. The van der Waals surface area contributed by atoms with E-state index < -0.39 is 18.1 Å². The highest BCUT2D eigenvalue weighted by Crippen LogP contribution is 2.30. The molecule has 0 aliphatic rings. The summed E-state index contributed by atoms with van der Waals surface area (Å²) in [7, 11) is 0. The summed E-state index contributed by atoms with van der Waals surface area (Å²) in [5.74, 6) is -1.25. The monoisotopic (exact) mass is 293 g/mol. The Balaban J connectivity index is 3.08. The predicted octanol–water partition coefficient (Wildman–Crippen LogP) is 1.13. The molecule has 0 atom stereocenters. The Kier molecular flexibility index (Phi) is 5.14. The Hall–Kier alpha value is -2.03. The van der Waals surface area contributed by atoms with E-state index in [0.29, 0.717) is 0 Å². The van der Waals surface area contributed by atoms with Gasteiger partial charge in [0.25, 0.3) is 0 Å². The number of pyridine rings is 1. The molecule has 0 fully saturated rings. The van der Waals surface area contributed by atoms with E-state index in [-0.39, 0.29) is 36.6 Å². The highest BCUT2D eigenvalue weighted by atomic mass is 19.4. The van der Waals surface area contributed by atoms with Crippen LogP contribution >= 0.6 is 0 Å². The lowest BCUT2D eigenvalue weighted by Gasteiger charge is -2.14. The SMILES string of the molecule is CCOC(=O)Cc1cc(OC(F)(F)F)c(N)c(CN)n1. The van der Waals surface area contributed by atoms with Crippen LogP contribution in [0.5, 0.6) is 5.75 Å². The lowest BCUT2D eigenvalue weighted by Crippen LogP contribution is -2.20. The summed E-state index contributed by atoms with van der Waals surface area (Å²) < 4.78 is 45.2. The lowest BCUT2D eigenvalue weighted by atomic mass is 10.2. The molecule has 0 aromatic carbocycles. The van der Waals surface area contributed by atoms with Crippen LogP contribution in [0.25, 0.3) is 0 Å². The minimum absolute atomic E-state index is 0.0195. The van der Waals surface area contributed by atoms with Gasteiger partial charge in [0.2, 0.25) is 0 Å². The zero-order valence-corrected chi connectivity index (χ0v) is 10.7. The number of esters is 1. The van der Waals surface area contributed by atoms with E-state index >= 15 is 0 Å². The summed E-state index contributed by atoms with van der Waals surface area (Å²) in [5, 5.41) is 0. The maximum Gasteiger partial charge on any atom is 0.573 e. The fourth-order valence-corrected chi connectivity index (χ4v) is 1.45. The quantitative estimate of drug-likeness (QED) is 0.789. The molecule has 20 heavy (non-hydrogen) atoms. The molecule has 0 bridgehead atoms. The second-order valence-corrected chi connectivity index (χ2v) is 3.71. The standard InChI is InChI=1S/C11H14F3N3O3/c1-2-19-9(18)4-6-3-8(20-11(12,13)14)10(16)7(5-15)17-6/h3H,2,4-5,15-16H2,1H3. The number of nitrogen functional groups attached to an aromatic ring is 1. The topological polar surface area (TPSA) is 100 Å². The normalized spacial score (nSPS) is 11.2. The van der Waals surface area contributed by atoms with Crippen molar-refractivity contribution in [1.29, 1.82) is 0 Å². The minimum atomic E-state index is -4.90. The summed E-state index contributed by atoms with van der Waals surface area (Å²) in [5.41, 5.74) is 10.6. The number of carbonyl (C=O) groups is 1. The second-order valence-electron chi connectivity index (χ2n) is 3.71. The Morgan fingerprint density at radius 3 is 2.60 bits per heavy atom. The van der Waals surface area contributed by atoms with E-state index in [2.05, 4.69) is 14.5 Å². The number of halogens is 3. The van der Waals surface area contributed by atoms with Gasteiger partial charge < -0.3 is 20.9 Å². The summed E-state index contributed by atoms with van der Waals surface area (Å²) in [6.07, 6.45) is -5.20. The molecule has 0 amide bonds. The number of carbonyl (C=O) groups excluding carboxylic acids is 1. The molecule has 6 nitrogen and oxygen atoms in total. The Morgan fingerprint density at radius 2 is 2.10 bits per heavy atom. The zero-order chi connectivity index (χ0) is 15.3. The molecule has 9 heteroatoms. The van der Waals surface area contributed by atoms with Crippen LogP contribution < -0.4 is 16.2 Å². The molecule has 0 saturated heterocycles. The first-order valence-corrected chi connectivity index (χ1v) is 5.66. The maximum absolute atomic E-state index is 12.3. The molecule has 0 radical (unpaired) electrons. The summed E-state index contributed by atoms with van der Waals surface area (Å²) in [4.78, 5) is 15.2. The summed E-state index contributed by atoms with van der Waals surface area (Å²) >= 11 is 0. The van der Waals surface area contributed by atoms with Gasteiger partial charge in [-0.15, -0.1) is 13.2 Å². The third-order valence-electron chi connectivity index (χ3n) is 2.20. The third-order valence-corrected chi connectivity index (χ3v) is 2.20. The van der Waals surface area contributed by atoms with Gasteiger partial charge in [0.15, 0.2) is 5.75 Å². The van der Waals surface area contributed by atoms with Gasteiger partial charge in [0.1, 0.15) is 0 Å². The first-order valence-electron chi connectivity index (χ1n) is 5.66. The van der Waals surface area contributed by atoms with E-state index in [4.69, 9.17) is 11.5 Å². The number of hydrogen-bond donors (Lipinski definition) is 2. The first-order chi connectivity index (χ1) is 9.26. The van der Waals surface area contributed by atoms with E-state index in [1.54, 1.807) is 6.92 Å². The van der Waals surface area contributed by atoms with Gasteiger partial charge in [0.05, 0.1) is 30.1 Å². The van der Waals surface area contributed by atoms with Gasteiger partial charge in [-0.2, -0.15) is 0 Å². The van der Waals surface area contributed by atoms with Gasteiger partial charge in [-0.1, -0.05) is 0 Å². The summed E-state index contributed by atoms with van der Waals surface area (Å²) in [6, 6.07) is 0.943. The molecule has 1 rings (SSSR count). The van der Waals surface area contributed by atoms with Crippen molar-refractivity contribution in [3.63, 3.8) is 0 Å². The van der Waals surface area contributed by atoms with Gasteiger partial charge in [-0.25, -0.2) is 0 Å². The molecular weight excluding hydrogens is 279 g/mol. The van der Waals surface area contributed by atoms with Gasteiger partial charge in [0, 0.05) is 12.6 Å². The average molecular weight is 293 g/mol. The number of alkyl halides is 3. The Bertz CT molecular complexity index is 492. The Labute approximate surface area is 112 Å². The van der Waals surface area contributed by atoms with E-state index in [1.165, 1.54) is 0 Å². The predicted molar refractivity (Wildman–Crippen MR) is 63.6 cm³/mol. The third kappa shape index (κ3) is 4.57. The van der Waals surface area contributed by atoms with Crippen LogP contribution in [0.15, 0.2) is 6.07 Å². The largest absolute Gasteiger partial charge is 0.573 e. The van der Waals surface area contributed by atoms with Crippen molar-refractivity contribution in [3.8, 4) is 5.75 Å². The number of rotatable bonds is 5. The molecule has 1 heterocycles. The molecule has 0 aliphatic heterocycles. The molecule has 112 valence electrons. The van der Waals surface area contributed by atoms with Gasteiger partial charge in [-0.05, 0) is 6.92 Å². The van der Waals surface area contributed by atoms with E-state index in [1.807, 2.05) is 0 Å². The molecule has 0 spiro atoms. The highest BCUT2D eigenvalue weighted by molar-refractivity contribution is 5.72. The number of aromatic nitrogens is 1. The number of anilines is 1. The fraction of sp³-hybridized carbons (Fsp3) is 0.455. The number of ether oxygens (including phenoxy) is 2. The lowest BCUT2D eigenvalue weighted by molar-refractivity contribution is -0.274. The van der Waals surface area contributed by atoms with Crippen LogP contribution in [0, 0.1) is 0 Å². The van der Waals surface area contributed by atoms with Crippen molar-refractivity contribution >= 4 is 11.7 Å². The van der Waals surface area contributed by atoms with Gasteiger partial charge >= 0.3 is 12.3 Å². The van der Waals surface area contributed by atoms with E-state index in [0.717, 1.165) is 6.07 Å². The number of nitrogens with two attached hydrogens (primary N) is 2. The van der Waals surface area contributed by atoms with Crippen LogP contribution in [0.2, 0.25) is 0 Å². The van der Waals surface area contributed by atoms with Crippen molar-refractivity contribution in [1.82, 2.24) is 4.98 Å². The molecular formula is C11H14F3N3O3. The molecule has 1 aromatic rings. The van der Waals surface area contributed by atoms with Crippen LogP contribution in [-0.2, 0) is 22.5 Å². The number of hydrogen-bond acceptors (Lipinski definition) is 6.